The van der Waals surface area contributed by atoms with Crippen molar-refractivity contribution in [2.75, 3.05) is 0 Å². The number of rotatable bonds is 5. The first-order chi connectivity index (χ1) is 9.08. The first kappa shape index (κ1) is 12.7. The predicted molar refractivity (Wildman–Crippen MR) is 65.8 cm³/mol. The average molecular weight is 261 g/mol. The van der Waals surface area contributed by atoms with Crippen molar-refractivity contribution in [2.45, 2.75) is 13.0 Å². The zero-order valence-electron chi connectivity index (χ0n) is 9.89. The van der Waals surface area contributed by atoms with Crippen LogP contribution in [0.5, 0.6) is 0 Å². The molecule has 0 atom stereocenters. The Morgan fingerprint density at radius 3 is 2.84 bits per heavy atom. The molecule has 0 saturated heterocycles. The molecular weight excluding hydrogens is 250 g/mol. The summed E-state index contributed by atoms with van der Waals surface area (Å²) in [5.41, 5.74) is 0.512. The first-order valence-corrected chi connectivity index (χ1v) is 5.52. The van der Waals surface area contributed by atoms with Gasteiger partial charge in [0.2, 0.25) is 0 Å². The lowest BCUT2D eigenvalue weighted by Crippen LogP contribution is -2.12. The van der Waals surface area contributed by atoms with Gasteiger partial charge in [0.05, 0.1) is 4.92 Å². The van der Waals surface area contributed by atoms with Crippen LogP contribution >= 0.6 is 0 Å². The molecule has 1 heterocycles. The lowest BCUT2D eigenvalue weighted by molar-refractivity contribution is -0.385. The van der Waals surface area contributed by atoms with Crippen LogP contribution in [0.4, 0.5) is 5.69 Å². The quantitative estimate of drug-likeness (QED) is 0.649. The van der Waals surface area contributed by atoms with E-state index in [1.54, 1.807) is 18.2 Å². The summed E-state index contributed by atoms with van der Waals surface area (Å²) in [6.07, 6.45) is 3.24. The summed E-state index contributed by atoms with van der Waals surface area (Å²) in [5.74, 6) is -0.501. The summed E-state index contributed by atoms with van der Waals surface area (Å²) in [5, 5.41) is 19.7. The normalized spacial score (nSPS) is 10.3. The van der Waals surface area contributed by atoms with E-state index in [1.165, 1.54) is 23.0 Å². The molecular formula is C12H11N3O4. The molecule has 0 radical (unpaired) electrons. The molecule has 7 heteroatoms. The summed E-state index contributed by atoms with van der Waals surface area (Å²) in [7, 11) is 0. The van der Waals surface area contributed by atoms with Gasteiger partial charge in [0.25, 0.3) is 5.69 Å². The Balaban J connectivity index is 2.29. The van der Waals surface area contributed by atoms with Gasteiger partial charge in [0, 0.05) is 30.4 Å². The van der Waals surface area contributed by atoms with E-state index in [1.807, 2.05) is 0 Å². The summed E-state index contributed by atoms with van der Waals surface area (Å²) in [6.45, 7) is -0.212. The minimum absolute atomic E-state index is 0.00683. The van der Waals surface area contributed by atoms with E-state index < -0.39 is 10.9 Å². The van der Waals surface area contributed by atoms with Crippen LogP contribution in [0.1, 0.15) is 11.4 Å². The standard InChI is InChI=1S/C12H11N3O4/c16-12(17)8-14-6-5-13-11(14)7-9-3-1-2-4-10(9)15(18)19/h1-6H,7-8H2,(H,16,17). The highest BCUT2D eigenvalue weighted by Gasteiger charge is 2.15. The van der Waals surface area contributed by atoms with E-state index in [-0.39, 0.29) is 18.7 Å². The van der Waals surface area contributed by atoms with Crippen LogP contribution in [-0.4, -0.2) is 25.6 Å². The Hall–Kier alpha value is -2.70. The third kappa shape index (κ3) is 2.95. The lowest BCUT2D eigenvalue weighted by Gasteiger charge is -2.05. The van der Waals surface area contributed by atoms with Crippen molar-refractivity contribution < 1.29 is 14.8 Å². The topological polar surface area (TPSA) is 98.3 Å². The van der Waals surface area contributed by atoms with Crippen LogP contribution in [0.3, 0.4) is 0 Å². The number of nitrogens with zero attached hydrogens (tertiary/aromatic N) is 3. The van der Waals surface area contributed by atoms with Gasteiger partial charge in [-0.1, -0.05) is 18.2 Å². The maximum absolute atomic E-state index is 10.9. The number of benzene rings is 1. The molecule has 1 aromatic heterocycles. The molecule has 0 aliphatic carbocycles. The van der Waals surface area contributed by atoms with Gasteiger partial charge in [-0.15, -0.1) is 0 Å². The smallest absolute Gasteiger partial charge is 0.323 e. The Morgan fingerprint density at radius 2 is 2.16 bits per heavy atom. The fraction of sp³-hybridized carbons (Fsp3) is 0.167. The summed E-state index contributed by atoms with van der Waals surface area (Å²) in [6, 6.07) is 6.34. The number of carbonyl (C=O) groups is 1. The fourth-order valence-corrected chi connectivity index (χ4v) is 1.81. The van der Waals surface area contributed by atoms with Crippen LogP contribution in [0, 0.1) is 10.1 Å². The fourth-order valence-electron chi connectivity index (χ4n) is 1.81. The van der Waals surface area contributed by atoms with E-state index in [9.17, 15) is 14.9 Å². The molecule has 0 aliphatic rings. The van der Waals surface area contributed by atoms with E-state index in [0.717, 1.165) is 0 Å². The van der Waals surface area contributed by atoms with Gasteiger partial charge < -0.3 is 9.67 Å². The summed E-state index contributed by atoms with van der Waals surface area (Å²) >= 11 is 0. The zero-order valence-corrected chi connectivity index (χ0v) is 9.89. The van der Waals surface area contributed by atoms with Crippen LogP contribution in [0.25, 0.3) is 0 Å². The number of aromatic nitrogens is 2. The van der Waals surface area contributed by atoms with Crippen molar-refractivity contribution in [1.29, 1.82) is 0 Å². The van der Waals surface area contributed by atoms with Crippen LogP contribution in [0.15, 0.2) is 36.7 Å². The van der Waals surface area contributed by atoms with Gasteiger partial charge in [-0.25, -0.2) is 4.98 Å². The van der Waals surface area contributed by atoms with Crippen LogP contribution in [-0.2, 0) is 17.8 Å². The maximum atomic E-state index is 10.9. The molecule has 2 aromatic rings. The third-order valence-electron chi connectivity index (χ3n) is 2.64. The van der Waals surface area contributed by atoms with Crippen molar-refractivity contribution >= 4 is 11.7 Å². The average Bonchev–Trinajstić information content (AvgIpc) is 2.76. The molecule has 0 aliphatic heterocycles. The van der Waals surface area contributed by atoms with Crippen molar-refractivity contribution in [1.82, 2.24) is 9.55 Å². The molecule has 0 bridgehead atoms. The van der Waals surface area contributed by atoms with E-state index in [0.29, 0.717) is 11.4 Å². The minimum atomic E-state index is -0.984. The molecule has 0 amide bonds. The highest BCUT2D eigenvalue weighted by molar-refractivity contribution is 5.66. The Kier molecular flexibility index (Phi) is 3.56. The number of carboxylic acids is 1. The molecule has 0 saturated carbocycles. The van der Waals surface area contributed by atoms with Crippen LogP contribution in [0.2, 0.25) is 0 Å². The summed E-state index contributed by atoms with van der Waals surface area (Å²) in [4.78, 5) is 25.2. The number of nitro groups is 1. The van der Waals surface area contributed by atoms with Gasteiger partial charge in [-0.3, -0.25) is 14.9 Å². The molecule has 1 N–H and O–H groups in total. The van der Waals surface area contributed by atoms with Crippen LogP contribution < -0.4 is 0 Å². The van der Waals surface area contributed by atoms with Gasteiger partial charge in [0.15, 0.2) is 0 Å². The number of nitro benzene ring substituents is 1. The lowest BCUT2D eigenvalue weighted by atomic mass is 10.1. The van der Waals surface area contributed by atoms with E-state index in [4.69, 9.17) is 5.11 Å². The second-order valence-corrected chi connectivity index (χ2v) is 3.93. The summed E-state index contributed by atoms with van der Waals surface area (Å²) < 4.78 is 1.46. The molecule has 19 heavy (non-hydrogen) atoms. The van der Waals surface area contributed by atoms with Gasteiger partial charge in [0.1, 0.15) is 12.4 Å². The van der Waals surface area contributed by atoms with Crippen molar-refractivity contribution in [2.24, 2.45) is 0 Å². The van der Waals surface area contributed by atoms with E-state index in [2.05, 4.69) is 4.98 Å². The largest absolute Gasteiger partial charge is 0.480 e. The second-order valence-electron chi connectivity index (χ2n) is 3.93. The van der Waals surface area contributed by atoms with E-state index >= 15 is 0 Å². The van der Waals surface area contributed by atoms with Crippen molar-refractivity contribution in [3.05, 3.63) is 58.2 Å². The number of aliphatic carboxylic acids is 1. The second kappa shape index (κ2) is 5.30. The van der Waals surface area contributed by atoms with Gasteiger partial charge in [-0.05, 0) is 0 Å². The Bertz CT molecular complexity index is 621. The molecule has 0 fully saturated rings. The number of carboxylic acid groups (broad SMARTS) is 1. The molecule has 98 valence electrons. The highest BCUT2D eigenvalue weighted by atomic mass is 16.6. The Labute approximate surface area is 108 Å². The first-order valence-electron chi connectivity index (χ1n) is 5.52. The van der Waals surface area contributed by atoms with Crippen molar-refractivity contribution in [3.8, 4) is 0 Å². The molecule has 7 nitrogen and oxygen atoms in total. The molecule has 0 unspecified atom stereocenters. The number of imidazole rings is 1. The molecule has 0 spiro atoms. The monoisotopic (exact) mass is 261 g/mol. The van der Waals surface area contributed by atoms with Crippen molar-refractivity contribution in [3.63, 3.8) is 0 Å². The third-order valence-corrected chi connectivity index (χ3v) is 2.64. The SMILES string of the molecule is O=C(O)Cn1ccnc1Cc1ccccc1[N+](=O)[O-]. The van der Waals surface area contributed by atoms with Gasteiger partial charge >= 0.3 is 5.97 Å². The number of hydrogen-bond donors (Lipinski definition) is 1. The Morgan fingerprint density at radius 1 is 1.42 bits per heavy atom. The number of hydrogen-bond acceptors (Lipinski definition) is 4. The zero-order chi connectivity index (χ0) is 13.8. The molecule has 2 rings (SSSR count). The number of para-hydroxylation sites is 1. The van der Waals surface area contributed by atoms with Gasteiger partial charge in [-0.2, -0.15) is 0 Å². The minimum Gasteiger partial charge on any atom is -0.480 e. The highest BCUT2D eigenvalue weighted by Crippen LogP contribution is 2.20. The molecule has 1 aromatic carbocycles. The maximum Gasteiger partial charge on any atom is 0.323 e. The predicted octanol–water partition coefficient (Wildman–Crippen LogP) is 1.47.